The van der Waals surface area contributed by atoms with Crippen LogP contribution in [0.4, 0.5) is 5.82 Å². The number of amides is 1. The summed E-state index contributed by atoms with van der Waals surface area (Å²) in [5, 5.41) is 10.4. The van der Waals surface area contributed by atoms with Crippen molar-refractivity contribution in [2.45, 2.75) is 0 Å². The predicted molar refractivity (Wildman–Crippen MR) is 56.4 cm³/mol. The van der Waals surface area contributed by atoms with E-state index in [1.165, 1.54) is 26.3 Å². The largest absolute Gasteiger partial charge is 0.468 e. The van der Waals surface area contributed by atoms with Gasteiger partial charge in [0, 0.05) is 13.1 Å². The number of rotatable bonds is 4. The summed E-state index contributed by atoms with van der Waals surface area (Å²) in [7, 11) is 2.60. The van der Waals surface area contributed by atoms with Crippen molar-refractivity contribution in [2.24, 2.45) is 0 Å². The van der Waals surface area contributed by atoms with Crippen LogP contribution < -0.4 is 0 Å². The van der Waals surface area contributed by atoms with Crippen molar-refractivity contribution in [3.05, 3.63) is 27.9 Å². The molecule has 0 fully saturated rings. The first-order chi connectivity index (χ1) is 7.95. The van der Waals surface area contributed by atoms with Gasteiger partial charge in [-0.1, -0.05) is 0 Å². The summed E-state index contributed by atoms with van der Waals surface area (Å²) in [5.41, 5.74) is 0.0445. The Hall–Kier alpha value is -2.38. The minimum Gasteiger partial charge on any atom is -0.468 e. The smallest absolute Gasteiger partial charge is 0.325 e. The van der Waals surface area contributed by atoms with Crippen LogP contribution in [0.3, 0.4) is 0 Å². The van der Waals surface area contributed by atoms with Crippen LogP contribution in [0.2, 0.25) is 0 Å². The number of carbonyl (C=O) groups is 2. The van der Waals surface area contributed by atoms with Crippen LogP contribution >= 0.6 is 0 Å². The summed E-state index contributed by atoms with van der Waals surface area (Å²) in [4.78, 5) is 35.8. The van der Waals surface area contributed by atoms with Crippen molar-refractivity contribution in [1.82, 2.24) is 9.88 Å². The van der Waals surface area contributed by atoms with Gasteiger partial charge in [0.25, 0.3) is 5.91 Å². The number of esters is 1. The Kier molecular flexibility index (Phi) is 3.81. The molecule has 1 heterocycles. The first-order valence-electron chi connectivity index (χ1n) is 4.61. The predicted octanol–water partition coefficient (Wildman–Crippen LogP) is 0.168. The van der Waals surface area contributed by atoms with E-state index in [-0.39, 0.29) is 18.1 Å². The van der Waals surface area contributed by atoms with Crippen molar-refractivity contribution >= 4 is 17.7 Å². The number of nitrogens with one attached hydrogen (secondary N) is 1. The lowest BCUT2D eigenvalue weighted by molar-refractivity contribution is -0.389. The van der Waals surface area contributed by atoms with Crippen LogP contribution in [0.5, 0.6) is 0 Å². The van der Waals surface area contributed by atoms with Gasteiger partial charge in [-0.3, -0.25) is 9.59 Å². The Balaban J connectivity index is 2.74. The Morgan fingerprint density at radius 2 is 2.18 bits per heavy atom. The van der Waals surface area contributed by atoms with E-state index in [2.05, 4.69) is 9.72 Å². The zero-order chi connectivity index (χ0) is 13.0. The Morgan fingerprint density at radius 3 is 2.65 bits per heavy atom. The molecule has 1 N–H and O–H groups in total. The number of aromatic amines is 1. The molecule has 0 aliphatic carbocycles. The fourth-order valence-corrected chi connectivity index (χ4v) is 1.15. The Morgan fingerprint density at radius 1 is 1.53 bits per heavy atom. The number of likely N-dealkylation sites (N-methyl/N-ethyl adjacent to an activating group) is 1. The van der Waals surface area contributed by atoms with Gasteiger partial charge < -0.3 is 19.8 Å². The maximum absolute atomic E-state index is 11.7. The molecule has 8 nitrogen and oxygen atoms in total. The molecular formula is C9H11N3O5. The number of nitrogens with zero attached hydrogens (tertiary/aromatic N) is 2. The third-order valence-electron chi connectivity index (χ3n) is 2.04. The van der Waals surface area contributed by atoms with Gasteiger partial charge in [-0.05, 0) is 11.0 Å². The van der Waals surface area contributed by atoms with E-state index in [0.29, 0.717) is 0 Å². The van der Waals surface area contributed by atoms with E-state index >= 15 is 0 Å². The molecule has 0 atom stereocenters. The summed E-state index contributed by atoms with van der Waals surface area (Å²) in [5.74, 6) is -1.37. The number of ether oxygens (including phenoxy) is 1. The van der Waals surface area contributed by atoms with Gasteiger partial charge in [-0.15, -0.1) is 0 Å². The van der Waals surface area contributed by atoms with Crippen LogP contribution in [0.25, 0.3) is 0 Å². The molecule has 0 spiro atoms. The van der Waals surface area contributed by atoms with Gasteiger partial charge in [0.05, 0.1) is 7.11 Å². The van der Waals surface area contributed by atoms with E-state index < -0.39 is 16.8 Å². The first kappa shape index (κ1) is 12.7. The van der Waals surface area contributed by atoms with E-state index in [9.17, 15) is 19.7 Å². The molecule has 0 bridgehead atoms. The highest BCUT2D eigenvalue weighted by Gasteiger charge is 2.20. The average Bonchev–Trinajstić information content (AvgIpc) is 2.77. The number of methoxy groups -OCH3 is 1. The maximum Gasteiger partial charge on any atom is 0.325 e. The zero-order valence-corrected chi connectivity index (χ0v) is 9.30. The van der Waals surface area contributed by atoms with Crippen LogP contribution in [-0.2, 0) is 9.53 Å². The second-order valence-electron chi connectivity index (χ2n) is 3.25. The van der Waals surface area contributed by atoms with Crippen molar-refractivity contribution in [2.75, 3.05) is 20.7 Å². The molecule has 0 saturated carbocycles. The second-order valence-corrected chi connectivity index (χ2v) is 3.25. The molecule has 0 aliphatic heterocycles. The summed E-state index contributed by atoms with van der Waals surface area (Å²) >= 11 is 0. The van der Waals surface area contributed by atoms with E-state index in [1.807, 2.05) is 0 Å². The second kappa shape index (κ2) is 5.10. The summed E-state index contributed by atoms with van der Waals surface area (Å²) in [6.07, 6.45) is 0. The molecule has 0 aliphatic rings. The molecule has 92 valence electrons. The highest BCUT2D eigenvalue weighted by atomic mass is 16.6. The summed E-state index contributed by atoms with van der Waals surface area (Å²) in [6, 6.07) is 2.47. The maximum atomic E-state index is 11.7. The minimum atomic E-state index is -0.642. The quantitative estimate of drug-likeness (QED) is 0.459. The third-order valence-corrected chi connectivity index (χ3v) is 2.04. The topological polar surface area (TPSA) is 106 Å². The molecule has 1 rings (SSSR count). The molecule has 1 aromatic heterocycles. The molecule has 0 radical (unpaired) electrons. The Labute approximate surface area is 96.3 Å². The average molecular weight is 241 g/mol. The number of nitro groups is 1. The van der Waals surface area contributed by atoms with Crippen LogP contribution in [0.15, 0.2) is 12.1 Å². The molecule has 1 amide bonds. The SMILES string of the molecule is COC(=O)CN(C)C(=O)c1ccc([N+](=O)[O-])[nH]1. The molecule has 8 heteroatoms. The van der Waals surface area contributed by atoms with Gasteiger partial charge in [0.15, 0.2) is 5.69 Å². The lowest BCUT2D eigenvalue weighted by Crippen LogP contribution is -2.32. The molecule has 0 aromatic carbocycles. The lowest BCUT2D eigenvalue weighted by atomic mass is 10.4. The molecular weight excluding hydrogens is 230 g/mol. The summed E-state index contributed by atoms with van der Waals surface area (Å²) < 4.78 is 4.40. The standard InChI is InChI=1S/C9H11N3O5/c1-11(5-8(13)17-2)9(14)6-3-4-7(10-6)12(15)16/h3-4,10H,5H2,1-2H3. The highest BCUT2D eigenvalue weighted by Crippen LogP contribution is 2.11. The number of hydrogen-bond donors (Lipinski definition) is 1. The molecule has 17 heavy (non-hydrogen) atoms. The zero-order valence-electron chi connectivity index (χ0n) is 9.30. The normalized spacial score (nSPS) is 9.76. The first-order valence-corrected chi connectivity index (χ1v) is 4.61. The van der Waals surface area contributed by atoms with Crippen LogP contribution in [0, 0.1) is 10.1 Å². The van der Waals surface area contributed by atoms with Crippen molar-refractivity contribution in [1.29, 1.82) is 0 Å². The third kappa shape index (κ3) is 3.03. The lowest BCUT2D eigenvalue weighted by Gasteiger charge is -2.12. The number of aromatic nitrogens is 1. The van der Waals surface area contributed by atoms with Crippen LogP contribution in [-0.4, -0.2) is 47.4 Å². The number of carbonyl (C=O) groups excluding carboxylic acids is 2. The van der Waals surface area contributed by atoms with Crippen molar-refractivity contribution in [3.63, 3.8) is 0 Å². The van der Waals surface area contributed by atoms with Gasteiger partial charge in [0.2, 0.25) is 0 Å². The van der Waals surface area contributed by atoms with Gasteiger partial charge in [-0.2, -0.15) is 0 Å². The fraction of sp³-hybridized carbons (Fsp3) is 0.333. The van der Waals surface area contributed by atoms with Gasteiger partial charge in [-0.25, -0.2) is 4.98 Å². The fourth-order valence-electron chi connectivity index (χ4n) is 1.15. The molecule has 0 saturated heterocycles. The minimum absolute atomic E-state index is 0.0445. The van der Waals surface area contributed by atoms with E-state index in [0.717, 1.165) is 4.90 Å². The highest BCUT2D eigenvalue weighted by molar-refractivity contribution is 5.94. The molecule has 1 aromatic rings. The van der Waals surface area contributed by atoms with Crippen molar-refractivity contribution in [3.8, 4) is 0 Å². The van der Waals surface area contributed by atoms with Gasteiger partial charge >= 0.3 is 11.8 Å². The number of hydrogen-bond acceptors (Lipinski definition) is 5. The molecule has 0 unspecified atom stereocenters. The Bertz CT molecular complexity index is 453. The monoisotopic (exact) mass is 241 g/mol. The van der Waals surface area contributed by atoms with Crippen LogP contribution in [0.1, 0.15) is 10.5 Å². The van der Waals surface area contributed by atoms with Crippen molar-refractivity contribution < 1.29 is 19.2 Å². The van der Waals surface area contributed by atoms with E-state index in [1.54, 1.807) is 0 Å². The number of H-pyrrole nitrogens is 1. The summed E-state index contributed by atoms with van der Waals surface area (Å²) in [6.45, 7) is -0.220. The van der Waals surface area contributed by atoms with Gasteiger partial charge in [0.1, 0.15) is 6.54 Å². The van der Waals surface area contributed by atoms with E-state index in [4.69, 9.17) is 0 Å².